The smallest absolute Gasteiger partial charge is 0.274 e. The van der Waals surface area contributed by atoms with Gasteiger partial charge in [-0.1, -0.05) is 42.5 Å². The molecule has 1 aliphatic rings. The number of carbonyl (C=O) groups excluding carboxylic acids is 1. The van der Waals surface area contributed by atoms with Gasteiger partial charge in [0, 0.05) is 12.4 Å². The molecule has 5 nitrogen and oxygen atoms in total. The van der Waals surface area contributed by atoms with Gasteiger partial charge < -0.3 is 5.32 Å². The molecule has 0 radical (unpaired) electrons. The molecule has 0 saturated carbocycles. The second kappa shape index (κ2) is 5.60. The molecule has 1 unspecified atom stereocenters. The molecule has 24 heavy (non-hydrogen) atoms. The summed E-state index contributed by atoms with van der Waals surface area (Å²) in [5.74, 6) is -0.247. The van der Waals surface area contributed by atoms with E-state index in [-0.39, 0.29) is 23.2 Å². The summed E-state index contributed by atoms with van der Waals surface area (Å²) in [4.78, 5) is 25.0. The van der Waals surface area contributed by atoms with Gasteiger partial charge in [0.15, 0.2) is 5.69 Å². The van der Waals surface area contributed by atoms with Crippen LogP contribution >= 0.6 is 0 Å². The second-order valence-corrected chi connectivity index (χ2v) is 6.09. The minimum atomic E-state index is -0.247. The number of hydrogen-bond acceptors (Lipinski definition) is 3. The zero-order valence-corrected chi connectivity index (χ0v) is 13.3. The number of aromatic nitrogens is 2. The van der Waals surface area contributed by atoms with Crippen LogP contribution in [0.15, 0.2) is 53.3 Å². The molecular weight excluding hydrogens is 302 g/mol. The molecule has 0 bridgehead atoms. The van der Waals surface area contributed by atoms with Gasteiger partial charge in [-0.05, 0) is 30.0 Å². The zero-order chi connectivity index (χ0) is 16.7. The third kappa shape index (κ3) is 2.29. The Kier molecular flexibility index (Phi) is 3.41. The summed E-state index contributed by atoms with van der Waals surface area (Å²) in [5.41, 5.74) is 2.53. The molecule has 1 N–H and O–H groups in total. The van der Waals surface area contributed by atoms with Crippen LogP contribution in [0.1, 0.15) is 34.1 Å². The molecule has 1 aromatic heterocycles. The van der Waals surface area contributed by atoms with Crippen LogP contribution in [0.25, 0.3) is 10.8 Å². The molecule has 1 heterocycles. The minimum absolute atomic E-state index is 0.00787. The number of benzene rings is 2. The van der Waals surface area contributed by atoms with Crippen LogP contribution in [-0.2, 0) is 13.5 Å². The van der Waals surface area contributed by atoms with Gasteiger partial charge in [-0.15, -0.1) is 0 Å². The molecule has 0 aliphatic heterocycles. The number of hydrogen-bond donors (Lipinski definition) is 1. The van der Waals surface area contributed by atoms with Crippen molar-refractivity contribution >= 4 is 16.7 Å². The Labute approximate surface area is 138 Å². The van der Waals surface area contributed by atoms with Crippen molar-refractivity contribution in [2.24, 2.45) is 7.05 Å². The van der Waals surface area contributed by atoms with Crippen molar-refractivity contribution in [3.8, 4) is 0 Å². The van der Waals surface area contributed by atoms with Crippen LogP contribution in [-0.4, -0.2) is 15.7 Å². The van der Waals surface area contributed by atoms with Gasteiger partial charge in [-0.2, -0.15) is 5.10 Å². The van der Waals surface area contributed by atoms with Crippen LogP contribution in [0.4, 0.5) is 0 Å². The summed E-state index contributed by atoms with van der Waals surface area (Å²) in [6, 6.07) is 15.2. The van der Waals surface area contributed by atoms with E-state index in [1.165, 1.54) is 15.8 Å². The lowest BCUT2D eigenvalue weighted by Crippen LogP contribution is -2.31. The van der Waals surface area contributed by atoms with Gasteiger partial charge in [0.25, 0.3) is 11.5 Å². The molecular formula is C19H17N3O2. The van der Waals surface area contributed by atoms with Crippen LogP contribution in [0.5, 0.6) is 0 Å². The highest BCUT2D eigenvalue weighted by atomic mass is 16.2. The lowest BCUT2D eigenvalue weighted by Gasteiger charge is -2.15. The first kappa shape index (κ1) is 14.6. The lowest BCUT2D eigenvalue weighted by atomic mass is 10.1. The van der Waals surface area contributed by atoms with E-state index in [0.717, 1.165) is 12.8 Å². The Hall–Kier alpha value is -2.95. The second-order valence-electron chi connectivity index (χ2n) is 6.09. The molecule has 1 aliphatic carbocycles. The molecule has 0 fully saturated rings. The molecule has 0 saturated heterocycles. The van der Waals surface area contributed by atoms with Crippen molar-refractivity contribution in [1.82, 2.24) is 15.1 Å². The SMILES string of the molecule is Cn1nc(C(=O)NC2CCc3ccccc32)c2ccccc2c1=O. The zero-order valence-electron chi connectivity index (χ0n) is 13.3. The minimum Gasteiger partial charge on any atom is -0.344 e. The van der Waals surface area contributed by atoms with Gasteiger partial charge in [-0.3, -0.25) is 9.59 Å². The maximum Gasteiger partial charge on any atom is 0.274 e. The van der Waals surface area contributed by atoms with Gasteiger partial charge in [0.1, 0.15) is 0 Å². The first-order chi connectivity index (χ1) is 11.6. The molecule has 5 heteroatoms. The van der Waals surface area contributed by atoms with Crippen molar-refractivity contribution in [3.63, 3.8) is 0 Å². The summed E-state index contributed by atoms with van der Waals surface area (Å²) in [7, 11) is 1.57. The number of fused-ring (bicyclic) bond motifs is 2. The Morgan fingerprint density at radius 1 is 1.12 bits per heavy atom. The van der Waals surface area contributed by atoms with Crippen molar-refractivity contribution in [1.29, 1.82) is 0 Å². The number of rotatable bonds is 2. The number of nitrogens with zero attached hydrogens (tertiary/aromatic N) is 2. The van der Waals surface area contributed by atoms with Gasteiger partial charge in [0.05, 0.1) is 11.4 Å². The Bertz CT molecular complexity index is 1010. The average Bonchev–Trinajstić information content (AvgIpc) is 3.01. The summed E-state index contributed by atoms with van der Waals surface area (Å²) >= 11 is 0. The van der Waals surface area contributed by atoms with Crippen molar-refractivity contribution in [2.45, 2.75) is 18.9 Å². The van der Waals surface area contributed by atoms with E-state index >= 15 is 0 Å². The fraction of sp³-hybridized carbons (Fsp3) is 0.211. The third-order valence-electron chi connectivity index (χ3n) is 4.61. The van der Waals surface area contributed by atoms with E-state index in [0.29, 0.717) is 10.8 Å². The first-order valence-corrected chi connectivity index (χ1v) is 8.00. The van der Waals surface area contributed by atoms with E-state index in [1.54, 1.807) is 25.2 Å². The topological polar surface area (TPSA) is 64.0 Å². The molecule has 4 rings (SSSR count). The molecule has 0 spiro atoms. The fourth-order valence-corrected chi connectivity index (χ4v) is 3.40. The Morgan fingerprint density at radius 3 is 2.67 bits per heavy atom. The monoisotopic (exact) mass is 319 g/mol. The quantitative estimate of drug-likeness (QED) is 0.788. The number of aryl methyl sites for hydroxylation is 2. The lowest BCUT2D eigenvalue weighted by molar-refractivity contribution is 0.0931. The van der Waals surface area contributed by atoms with Crippen LogP contribution in [0.2, 0.25) is 0 Å². The summed E-state index contributed by atoms with van der Waals surface area (Å²) in [6.45, 7) is 0. The van der Waals surface area contributed by atoms with Gasteiger partial charge >= 0.3 is 0 Å². The highest BCUT2D eigenvalue weighted by Gasteiger charge is 2.25. The Morgan fingerprint density at radius 2 is 1.83 bits per heavy atom. The summed E-state index contributed by atoms with van der Waals surface area (Å²) in [5, 5.41) is 8.36. The van der Waals surface area contributed by atoms with E-state index in [2.05, 4.69) is 22.5 Å². The van der Waals surface area contributed by atoms with Crippen LogP contribution in [0.3, 0.4) is 0 Å². The van der Waals surface area contributed by atoms with E-state index in [4.69, 9.17) is 0 Å². The fourth-order valence-electron chi connectivity index (χ4n) is 3.40. The number of nitrogens with one attached hydrogen (secondary N) is 1. The van der Waals surface area contributed by atoms with Gasteiger partial charge in [-0.25, -0.2) is 4.68 Å². The highest BCUT2D eigenvalue weighted by Crippen LogP contribution is 2.31. The highest BCUT2D eigenvalue weighted by molar-refractivity contribution is 6.04. The number of amides is 1. The van der Waals surface area contributed by atoms with Crippen molar-refractivity contribution in [3.05, 3.63) is 75.7 Å². The standard InChI is InChI=1S/C19H17N3O2/c1-22-19(24)15-9-5-4-8-14(15)17(21-22)18(23)20-16-11-10-12-6-2-3-7-13(12)16/h2-9,16H,10-11H2,1H3,(H,20,23). The third-order valence-corrected chi connectivity index (χ3v) is 4.61. The van der Waals surface area contributed by atoms with Crippen LogP contribution in [0, 0.1) is 0 Å². The first-order valence-electron chi connectivity index (χ1n) is 8.00. The average molecular weight is 319 g/mol. The van der Waals surface area contributed by atoms with Crippen molar-refractivity contribution < 1.29 is 4.79 Å². The van der Waals surface area contributed by atoms with Crippen molar-refractivity contribution in [2.75, 3.05) is 0 Å². The predicted octanol–water partition coefficient (Wildman–Crippen LogP) is 2.35. The van der Waals surface area contributed by atoms with Crippen LogP contribution < -0.4 is 10.9 Å². The molecule has 2 aromatic carbocycles. The maximum absolute atomic E-state index is 12.8. The largest absolute Gasteiger partial charge is 0.344 e. The summed E-state index contributed by atoms with van der Waals surface area (Å²) < 4.78 is 1.22. The summed E-state index contributed by atoms with van der Waals surface area (Å²) in [6.07, 6.45) is 1.84. The molecule has 120 valence electrons. The predicted molar refractivity (Wildman–Crippen MR) is 92.0 cm³/mol. The Balaban J connectivity index is 1.73. The molecule has 1 atom stereocenters. The molecule has 1 amide bonds. The van der Waals surface area contributed by atoms with E-state index in [1.807, 2.05) is 18.2 Å². The van der Waals surface area contributed by atoms with E-state index in [9.17, 15) is 9.59 Å². The van der Waals surface area contributed by atoms with Gasteiger partial charge in [0.2, 0.25) is 0 Å². The maximum atomic E-state index is 12.8. The molecule has 3 aromatic rings. The normalized spacial score (nSPS) is 16.1. The van der Waals surface area contributed by atoms with E-state index < -0.39 is 0 Å². The number of carbonyl (C=O) groups is 1.